The largest absolute Gasteiger partial charge is 0.379 e. The Morgan fingerprint density at radius 3 is 2.85 bits per heavy atom. The lowest BCUT2D eigenvalue weighted by Gasteiger charge is -2.28. The van der Waals surface area contributed by atoms with E-state index in [1.807, 2.05) is 19.4 Å². The molecule has 0 saturated heterocycles. The van der Waals surface area contributed by atoms with Crippen LogP contribution in [0.15, 0.2) is 36.5 Å². The zero-order valence-corrected chi connectivity index (χ0v) is 12.2. The highest BCUT2D eigenvalue weighted by Crippen LogP contribution is 2.40. The Labute approximate surface area is 120 Å². The molecule has 1 aliphatic rings. The van der Waals surface area contributed by atoms with Crippen LogP contribution in [0.1, 0.15) is 31.4 Å². The highest BCUT2D eigenvalue weighted by atomic mass is 16.5. The van der Waals surface area contributed by atoms with Crippen molar-refractivity contribution in [3.8, 4) is 0 Å². The van der Waals surface area contributed by atoms with Crippen LogP contribution >= 0.6 is 0 Å². The highest BCUT2D eigenvalue weighted by Gasteiger charge is 2.37. The minimum absolute atomic E-state index is 0.241. The van der Waals surface area contributed by atoms with E-state index in [4.69, 9.17) is 4.74 Å². The van der Waals surface area contributed by atoms with Gasteiger partial charge in [-0.15, -0.1) is 0 Å². The van der Waals surface area contributed by atoms with Gasteiger partial charge in [0.05, 0.1) is 17.7 Å². The van der Waals surface area contributed by atoms with Gasteiger partial charge in [0.2, 0.25) is 0 Å². The summed E-state index contributed by atoms with van der Waals surface area (Å²) in [6, 6.07) is 10.8. The molecule has 1 heterocycles. The Balaban J connectivity index is 2.04. The fourth-order valence-corrected chi connectivity index (χ4v) is 3.05. The van der Waals surface area contributed by atoms with Crippen LogP contribution in [0.4, 0.5) is 0 Å². The molecule has 3 rings (SSSR count). The summed E-state index contributed by atoms with van der Waals surface area (Å²) in [4.78, 5) is 4.46. The van der Waals surface area contributed by atoms with Crippen LogP contribution in [0.5, 0.6) is 0 Å². The molecule has 20 heavy (non-hydrogen) atoms. The van der Waals surface area contributed by atoms with Crippen molar-refractivity contribution in [1.29, 1.82) is 0 Å². The summed E-state index contributed by atoms with van der Waals surface area (Å²) in [6.45, 7) is 3.09. The minimum atomic E-state index is 0.241. The van der Waals surface area contributed by atoms with Gasteiger partial charge in [-0.2, -0.15) is 0 Å². The number of hydrogen-bond donors (Lipinski definition) is 1. The molecule has 1 aromatic carbocycles. The zero-order chi connectivity index (χ0) is 13.9. The van der Waals surface area contributed by atoms with E-state index in [9.17, 15) is 0 Å². The maximum absolute atomic E-state index is 5.81. The third-order valence-electron chi connectivity index (χ3n) is 4.13. The Morgan fingerprint density at radius 1 is 1.30 bits per heavy atom. The van der Waals surface area contributed by atoms with Gasteiger partial charge in [-0.1, -0.05) is 25.1 Å². The Hall–Kier alpha value is -1.45. The Bertz CT molecular complexity index is 575. The van der Waals surface area contributed by atoms with E-state index >= 15 is 0 Å². The maximum atomic E-state index is 5.81. The first-order chi connectivity index (χ1) is 9.85. The normalized spacial score (nSPS) is 18.1. The van der Waals surface area contributed by atoms with Crippen LogP contribution in [0, 0.1) is 5.92 Å². The van der Waals surface area contributed by atoms with E-state index in [1.165, 1.54) is 23.8 Å². The molecule has 2 atom stereocenters. The van der Waals surface area contributed by atoms with Crippen LogP contribution in [-0.2, 0) is 4.74 Å². The lowest BCUT2D eigenvalue weighted by molar-refractivity contribution is 0.0516. The molecule has 1 saturated carbocycles. The van der Waals surface area contributed by atoms with E-state index in [0.717, 1.165) is 12.1 Å². The van der Waals surface area contributed by atoms with E-state index < -0.39 is 0 Å². The van der Waals surface area contributed by atoms with Gasteiger partial charge in [0.15, 0.2) is 0 Å². The second kappa shape index (κ2) is 5.90. The number of nitrogens with zero attached hydrogens (tertiary/aromatic N) is 1. The van der Waals surface area contributed by atoms with Crippen molar-refractivity contribution in [2.24, 2.45) is 5.92 Å². The minimum Gasteiger partial charge on any atom is -0.379 e. The summed E-state index contributed by atoms with van der Waals surface area (Å²) in [5, 5.41) is 4.84. The quantitative estimate of drug-likeness (QED) is 0.874. The third-order valence-corrected chi connectivity index (χ3v) is 4.13. The lowest BCUT2D eigenvalue weighted by atomic mass is 9.94. The van der Waals surface area contributed by atoms with Crippen molar-refractivity contribution < 1.29 is 4.74 Å². The summed E-state index contributed by atoms with van der Waals surface area (Å²) in [5.41, 5.74) is 2.36. The van der Waals surface area contributed by atoms with Gasteiger partial charge in [0.25, 0.3) is 0 Å². The van der Waals surface area contributed by atoms with Crippen molar-refractivity contribution in [3.63, 3.8) is 0 Å². The van der Waals surface area contributed by atoms with Crippen molar-refractivity contribution in [1.82, 2.24) is 10.3 Å². The number of pyridine rings is 1. The maximum Gasteiger partial charge on any atom is 0.0794 e. The second-order valence-corrected chi connectivity index (χ2v) is 5.49. The molecule has 1 aliphatic carbocycles. The van der Waals surface area contributed by atoms with Crippen molar-refractivity contribution >= 4 is 10.9 Å². The number of aromatic nitrogens is 1. The molecule has 0 radical (unpaired) electrons. The highest BCUT2D eigenvalue weighted by molar-refractivity contribution is 5.82. The van der Waals surface area contributed by atoms with E-state index in [2.05, 4.69) is 41.5 Å². The van der Waals surface area contributed by atoms with Gasteiger partial charge in [-0.25, -0.2) is 0 Å². The molecule has 3 nitrogen and oxygen atoms in total. The predicted octanol–water partition coefficient (Wildman–Crippen LogP) is 3.31. The first kappa shape index (κ1) is 13.5. The molecular weight excluding hydrogens is 248 g/mol. The summed E-state index contributed by atoms with van der Waals surface area (Å²) in [7, 11) is 1.83. The van der Waals surface area contributed by atoms with E-state index in [0.29, 0.717) is 5.92 Å². The molecule has 1 fully saturated rings. The summed E-state index contributed by atoms with van der Waals surface area (Å²) in [6.07, 6.45) is 4.66. The number of nitrogens with one attached hydrogen (secondary N) is 1. The number of rotatable bonds is 6. The third kappa shape index (κ3) is 2.56. The molecule has 2 unspecified atom stereocenters. The standard InChI is InChI=1S/C17H22N2O/c1-3-18-16(17(20-2)12-9-10-12)14-6-4-8-15-13(14)7-5-11-19-15/h4-8,11-12,16-18H,3,9-10H2,1-2H3. The van der Waals surface area contributed by atoms with Crippen molar-refractivity contribution in [2.45, 2.75) is 31.9 Å². The molecule has 0 aliphatic heterocycles. The number of methoxy groups -OCH3 is 1. The van der Waals surface area contributed by atoms with Gasteiger partial charge in [0.1, 0.15) is 0 Å². The Morgan fingerprint density at radius 2 is 2.15 bits per heavy atom. The first-order valence-electron chi connectivity index (χ1n) is 7.45. The van der Waals surface area contributed by atoms with Crippen LogP contribution in [-0.4, -0.2) is 24.7 Å². The number of ether oxygens (including phenoxy) is 1. The smallest absolute Gasteiger partial charge is 0.0794 e. The lowest BCUT2D eigenvalue weighted by Crippen LogP contribution is -2.34. The molecule has 0 spiro atoms. The Kier molecular flexibility index (Phi) is 3.99. The van der Waals surface area contributed by atoms with Gasteiger partial charge in [0, 0.05) is 18.7 Å². The summed E-state index contributed by atoms with van der Waals surface area (Å²) in [5.74, 6) is 0.691. The monoisotopic (exact) mass is 270 g/mol. The van der Waals surface area contributed by atoms with Crippen LogP contribution in [0.25, 0.3) is 10.9 Å². The molecule has 2 aromatic rings. The molecule has 0 bridgehead atoms. The average Bonchev–Trinajstić information content (AvgIpc) is 3.31. The topological polar surface area (TPSA) is 34.2 Å². The van der Waals surface area contributed by atoms with Crippen molar-refractivity contribution in [2.75, 3.05) is 13.7 Å². The fraction of sp³-hybridized carbons (Fsp3) is 0.471. The van der Waals surface area contributed by atoms with Gasteiger partial charge in [-0.3, -0.25) is 4.98 Å². The number of benzene rings is 1. The molecule has 1 N–H and O–H groups in total. The predicted molar refractivity (Wildman–Crippen MR) is 81.7 cm³/mol. The average molecular weight is 270 g/mol. The number of hydrogen-bond acceptors (Lipinski definition) is 3. The second-order valence-electron chi connectivity index (χ2n) is 5.49. The van der Waals surface area contributed by atoms with Crippen LogP contribution in [0.2, 0.25) is 0 Å². The van der Waals surface area contributed by atoms with Gasteiger partial charge < -0.3 is 10.1 Å². The van der Waals surface area contributed by atoms with E-state index in [1.54, 1.807) is 0 Å². The van der Waals surface area contributed by atoms with Crippen molar-refractivity contribution in [3.05, 3.63) is 42.1 Å². The van der Waals surface area contributed by atoms with Gasteiger partial charge >= 0.3 is 0 Å². The molecule has 1 aromatic heterocycles. The van der Waals surface area contributed by atoms with E-state index in [-0.39, 0.29) is 12.1 Å². The molecular formula is C17H22N2O. The molecule has 0 amide bonds. The number of fused-ring (bicyclic) bond motifs is 1. The summed E-state index contributed by atoms with van der Waals surface area (Å²) >= 11 is 0. The van der Waals surface area contributed by atoms with Gasteiger partial charge in [-0.05, 0) is 43.0 Å². The molecule has 3 heteroatoms. The first-order valence-corrected chi connectivity index (χ1v) is 7.45. The SMILES string of the molecule is CCNC(c1cccc2ncccc12)C(OC)C1CC1. The summed E-state index contributed by atoms with van der Waals surface area (Å²) < 4.78 is 5.81. The zero-order valence-electron chi connectivity index (χ0n) is 12.2. The van der Waals surface area contributed by atoms with Crippen LogP contribution < -0.4 is 5.32 Å². The fourth-order valence-electron chi connectivity index (χ4n) is 3.05. The molecule has 106 valence electrons. The number of likely N-dealkylation sites (N-methyl/N-ethyl adjacent to an activating group) is 1. The van der Waals surface area contributed by atoms with Crippen LogP contribution in [0.3, 0.4) is 0 Å².